The van der Waals surface area contributed by atoms with Crippen LogP contribution in [0.4, 0.5) is 61.5 Å². The van der Waals surface area contributed by atoms with E-state index < -0.39 is 70.8 Å². The third-order valence-corrected chi connectivity index (χ3v) is 11.2. The van der Waals surface area contributed by atoms with Crippen LogP contribution >= 0.6 is 45.8 Å². The zero-order chi connectivity index (χ0) is 50.6. The number of aromatic nitrogens is 6. The van der Waals surface area contributed by atoms with Crippen molar-refractivity contribution in [3.05, 3.63) is 115 Å². The van der Waals surface area contributed by atoms with Crippen LogP contribution in [0.25, 0.3) is 33.9 Å². The molecule has 4 aromatic heterocycles. The topological polar surface area (TPSA) is 122 Å². The second-order valence-corrected chi connectivity index (χ2v) is 15.7. The lowest BCUT2D eigenvalue weighted by molar-refractivity contribution is -0.351. The molecule has 0 saturated carbocycles. The maximum atomic E-state index is 14.6. The van der Waals surface area contributed by atoms with Crippen molar-refractivity contribution in [2.75, 3.05) is 14.2 Å². The fourth-order valence-corrected chi connectivity index (χ4v) is 7.75. The first-order valence-electron chi connectivity index (χ1n) is 17.8. The normalized spacial score (nSPS) is 12.7. The highest BCUT2D eigenvalue weighted by Crippen LogP contribution is 2.55. The van der Waals surface area contributed by atoms with Gasteiger partial charge in [0.25, 0.3) is 0 Å². The second-order valence-electron chi connectivity index (χ2n) is 13.7. The lowest BCUT2D eigenvalue weighted by Gasteiger charge is -2.30. The Morgan fingerprint density at radius 3 is 1.31 bits per heavy atom. The number of carbonyl (C=O) groups is 2. The maximum Gasteiger partial charge on any atom is 0.437 e. The van der Waals surface area contributed by atoms with Crippen LogP contribution in [0.3, 0.4) is 0 Å². The number of carbonyl (C=O) groups excluding carboxylic acids is 2. The number of hydrogen-bond acceptors (Lipinski definition) is 7. The summed E-state index contributed by atoms with van der Waals surface area (Å²) in [4.78, 5) is 23.7. The van der Waals surface area contributed by atoms with Crippen LogP contribution in [-0.2, 0) is 34.9 Å². The molecular weight excluding hydrogens is 1090 g/mol. The van der Waals surface area contributed by atoms with Crippen LogP contribution in [0.1, 0.15) is 37.7 Å². The fraction of sp³-hybridized carbons (Fsp3) is 0.256. The zero-order valence-electron chi connectivity index (χ0n) is 33.6. The maximum absolute atomic E-state index is 14.6. The Balaban J connectivity index is 0.000000251. The van der Waals surface area contributed by atoms with Gasteiger partial charge in [-0.05, 0) is 70.1 Å². The van der Waals surface area contributed by atoms with Gasteiger partial charge in [0.1, 0.15) is 11.9 Å². The number of alkyl halides is 14. The Labute approximate surface area is 390 Å². The predicted molar refractivity (Wildman–Crippen MR) is 216 cm³/mol. The minimum absolute atomic E-state index is 0.00847. The Morgan fingerprint density at radius 1 is 0.597 bits per heavy atom. The van der Waals surface area contributed by atoms with E-state index in [2.05, 4.69) is 19.7 Å². The van der Waals surface area contributed by atoms with Crippen molar-refractivity contribution in [2.45, 2.75) is 36.0 Å². The average molecular weight is 1120 g/mol. The molecule has 6 rings (SSSR count). The molecule has 0 atom stereocenters. The zero-order valence-corrected chi connectivity index (χ0v) is 37.3. The summed E-state index contributed by atoms with van der Waals surface area (Å²) < 4.78 is 200. The van der Waals surface area contributed by atoms with Crippen LogP contribution in [0.2, 0.25) is 10.0 Å². The number of rotatable bonds is 8. The third kappa shape index (κ3) is 9.28. The molecule has 67 heavy (non-hydrogen) atoms. The van der Waals surface area contributed by atoms with E-state index in [1.807, 2.05) is 0 Å². The largest absolute Gasteiger partial charge is 0.465 e. The van der Waals surface area contributed by atoms with Crippen molar-refractivity contribution in [1.29, 1.82) is 5.26 Å². The first kappa shape index (κ1) is 52.2. The molecule has 6 aromatic rings. The summed E-state index contributed by atoms with van der Waals surface area (Å²) in [6.45, 7) is 0. The number of benzene rings is 2. The van der Waals surface area contributed by atoms with Crippen molar-refractivity contribution in [2.24, 2.45) is 14.1 Å². The van der Waals surface area contributed by atoms with Crippen LogP contribution in [0.15, 0.2) is 73.3 Å². The first-order chi connectivity index (χ1) is 30.8. The lowest BCUT2D eigenvalue weighted by atomic mass is 10.00. The quantitative estimate of drug-likeness (QED) is 0.0845. The van der Waals surface area contributed by atoms with E-state index in [1.165, 1.54) is 89.8 Å². The molecule has 0 fully saturated rings. The van der Waals surface area contributed by atoms with Gasteiger partial charge in [0, 0.05) is 37.6 Å². The average Bonchev–Trinajstić information content (AvgIpc) is 4.04. The van der Waals surface area contributed by atoms with Gasteiger partial charge in [0.2, 0.25) is 0 Å². The summed E-state index contributed by atoms with van der Waals surface area (Å²) in [5.41, 5.74) is -14.1. The highest BCUT2D eigenvalue weighted by Gasteiger charge is 2.76. The van der Waals surface area contributed by atoms with E-state index in [-0.39, 0.29) is 46.8 Å². The summed E-state index contributed by atoms with van der Waals surface area (Å²) in [6, 6.07) is 10.6. The van der Waals surface area contributed by atoms with Crippen molar-refractivity contribution < 1.29 is 80.5 Å². The number of ether oxygens (including phenoxy) is 2. The minimum Gasteiger partial charge on any atom is -0.465 e. The van der Waals surface area contributed by atoms with Crippen LogP contribution in [-0.4, -0.2) is 79.6 Å². The van der Waals surface area contributed by atoms with E-state index in [9.17, 15) is 76.3 Å². The molecule has 358 valence electrons. The second kappa shape index (κ2) is 18.3. The fourth-order valence-electron chi connectivity index (χ4n) is 6.45. The van der Waals surface area contributed by atoms with Crippen molar-refractivity contribution in [1.82, 2.24) is 28.7 Å². The molecule has 2 aromatic carbocycles. The monoisotopic (exact) mass is 1120 g/mol. The molecule has 0 spiro atoms. The van der Waals surface area contributed by atoms with E-state index >= 15 is 0 Å². The Hall–Kier alpha value is -5.82. The summed E-state index contributed by atoms with van der Waals surface area (Å²) in [5, 5.41) is 17.3. The Morgan fingerprint density at radius 2 is 0.955 bits per heavy atom. The molecule has 0 aliphatic rings. The van der Waals surface area contributed by atoms with E-state index in [4.69, 9.17) is 23.2 Å². The Bertz CT molecular complexity index is 2880. The van der Waals surface area contributed by atoms with Crippen LogP contribution in [0, 0.1) is 14.9 Å². The van der Waals surface area contributed by atoms with Gasteiger partial charge in [0.15, 0.2) is 5.82 Å². The molecule has 0 N–H and O–H groups in total. The molecule has 0 unspecified atom stereocenters. The third-order valence-electron chi connectivity index (χ3n) is 9.76. The summed E-state index contributed by atoms with van der Waals surface area (Å²) in [5.74, 6) is -2.23. The van der Waals surface area contributed by atoms with Crippen LogP contribution < -0.4 is 0 Å². The molecule has 0 bridgehead atoms. The van der Waals surface area contributed by atoms with E-state index in [0.717, 1.165) is 37.7 Å². The highest BCUT2D eigenvalue weighted by molar-refractivity contribution is 14.1. The van der Waals surface area contributed by atoms with Crippen LogP contribution in [0.5, 0.6) is 0 Å². The molecule has 28 heteroatoms. The van der Waals surface area contributed by atoms with Gasteiger partial charge in [0.05, 0.1) is 68.3 Å². The van der Waals surface area contributed by atoms with Gasteiger partial charge >= 0.3 is 48.0 Å². The summed E-state index contributed by atoms with van der Waals surface area (Å²) in [6.07, 6.45) is -20.3. The lowest BCUT2D eigenvalue weighted by Crippen LogP contribution is -2.51. The number of halogens is 17. The number of hydrogen-bond donors (Lipinski definition) is 0. The van der Waals surface area contributed by atoms with Crippen molar-refractivity contribution in [3.8, 4) is 40.0 Å². The van der Waals surface area contributed by atoms with Gasteiger partial charge < -0.3 is 18.6 Å². The summed E-state index contributed by atoms with van der Waals surface area (Å²) >= 11 is 13.4. The minimum atomic E-state index is -6.36. The molecule has 0 radical (unpaired) electrons. The number of esters is 2. The van der Waals surface area contributed by atoms with E-state index in [1.54, 1.807) is 0 Å². The first-order valence-corrected chi connectivity index (χ1v) is 19.6. The molecule has 11 nitrogen and oxygen atoms in total. The molecule has 0 saturated heterocycles. The standard InChI is InChI=1S/C20H12ClF7N4O2.C19H12ClF7IN3O2/c1-31-15(18(22,19(23,24)25)20(26,27)28)6-11(7-29)16(31)32-9-12(8-30-32)10-3-4-14(21)13(5-10)17(33)34-2;1-30-14(17(21,18(22,23)24)19(25,26)27)6-13(28)15(30)31-8-10(7-29-31)9-3-4-12(20)11(5-9)16(32)33-2/h3-6,8-9H,1-2H3;3-8H,1-2H3. The van der Waals surface area contributed by atoms with Crippen molar-refractivity contribution >= 4 is 57.7 Å². The molecule has 0 aliphatic heterocycles. The van der Waals surface area contributed by atoms with E-state index in [0.29, 0.717) is 27.3 Å². The highest BCUT2D eigenvalue weighted by atomic mass is 127. The predicted octanol–water partition coefficient (Wildman–Crippen LogP) is 11.7. The number of nitriles is 1. The number of nitrogens with zero attached hydrogens (tertiary/aromatic N) is 7. The molecule has 4 heterocycles. The Kier molecular flexibility index (Phi) is 14.3. The van der Waals surface area contributed by atoms with Gasteiger partial charge in [-0.3, -0.25) is 0 Å². The smallest absolute Gasteiger partial charge is 0.437 e. The van der Waals surface area contributed by atoms with Gasteiger partial charge in [-0.2, -0.15) is 68.1 Å². The SMILES string of the molecule is COC(=O)c1cc(-c2cnn(-c3c(C#N)cc(C(F)(C(F)(F)F)C(F)(F)F)n3C)c2)ccc1Cl.COC(=O)c1cc(-c2cnn(-c3c(I)cc(C(F)(C(F)(F)F)C(F)(F)F)n3C)c2)ccc1Cl. The van der Waals surface area contributed by atoms with Gasteiger partial charge in [-0.1, -0.05) is 35.3 Å². The van der Waals surface area contributed by atoms with Gasteiger partial charge in [-0.25, -0.2) is 27.7 Å². The summed E-state index contributed by atoms with van der Waals surface area (Å²) in [7, 11) is 3.91. The van der Waals surface area contributed by atoms with Gasteiger partial charge in [-0.15, -0.1) is 0 Å². The molecular formula is C39H24Cl2F14IN7O4. The molecule has 0 amide bonds. The molecule has 0 aliphatic carbocycles. The van der Waals surface area contributed by atoms with Crippen molar-refractivity contribution in [3.63, 3.8) is 0 Å². The number of methoxy groups -OCH3 is 2.